The van der Waals surface area contributed by atoms with Gasteiger partial charge in [0.1, 0.15) is 0 Å². The molecule has 0 aromatic carbocycles. The molecule has 0 bridgehead atoms. The summed E-state index contributed by atoms with van der Waals surface area (Å²) in [5.74, 6) is 0. The molecule has 1 aliphatic rings. The SMILES string of the molecule is CC(C)(CN1CCOCC1)OC(=P)C(C)(C)C. The largest absolute Gasteiger partial charge is 0.379 e. The predicted molar refractivity (Wildman–Crippen MR) is 75.2 cm³/mol. The highest BCUT2D eigenvalue weighted by Gasteiger charge is 2.28. The van der Waals surface area contributed by atoms with Gasteiger partial charge in [0, 0.05) is 25.0 Å². The second-order valence-corrected chi connectivity index (χ2v) is 6.78. The maximum atomic E-state index is 6.05. The first-order valence-corrected chi connectivity index (χ1v) is 6.79. The Labute approximate surface area is 108 Å². The van der Waals surface area contributed by atoms with E-state index in [4.69, 9.17) is 9.47 Å². The van der Waals surface area contributed by atoms with E-state index in [0.29, 0.717) is 0 Å². The topological polar surface area (TPSA) is 21.7 Å². The van der Waals surface area contributed by atoms with E-state index >= 15 is 0 Å². The number of nitrogens with zero attached hydrogens (tertiary/aromatic N) is 1. The van der Waals surface area contributed by atoms with Crippen LogP contribution in [0.25, 0.3) is 0 Å². The summed E-state index contributed by atoms with van der Waals surface area (Å²) in [6.07, 6.45) is 0. The zero-order chi connectivity index (χ0) is 13.1. The molecule has 0 spiro atoms. The summed E-state index contributed by atoms with van der Waals surface area (Å²) in [4.78, 5) is 2.39. The van der Waals surface area contributed by atoms with Gasteiger partial charge in [-0.3, -0.25) is 4.90 Å². The zero-order valence-corrected chi connectivity index (χ0v) is 12.8. The van der Waals surface area contributed by atoms with Crippen molar-refractivity contribution >= 4 is 14.3 Å². The molecule has 0 aromatic heterocycles. The molecule has 0 unspecified atom stereocenters. The third-order valence-electron chi connectivity index (χ3n) is 2.77. The predicted octanol–water partition coefficient (Wildman–Crippen LogP) is 2.43. The first-order valence-electron chi connectivity index (χ1n) is 6.29. The molecule has 0 N–H and O–H groups in total. The van der Waals surface area contributed by atoms with Crippen molar-refractivity contribution in [3.8, 4) is 0 Å². The molecule has 3 nitrogen and oxygen atoms in total. The summed E-state index contributed by atoms with van der Waals surface area (Å²) in [7, 11) is 3.60. The van der Waals surface area contributed by atoms with Crippen LogP contribution in [0.15, 0.2) is 0 Å². The van der Waals surface area contributed by atoms with Crippen molar-refractivity contribution in [2.45, 2.75) is 40.2 Å². The van der Waals surface area contributed by atoms with Gasteiger partial charge in [-0.25, -0.2) is 0 Å². The van der Waals surface area contributed by atoms with Gasteiger partial charge in [0.2, 0.25) is 0 Å². The zero-order valence-electron chi connectivity index (χ0n) is 11.8. The lowest BCUT2D eigenvalue weighted by atomic mass is 9.97. The molecule has 100 valence electrons. The summed E-state index contributed by atoms with van der Waals surface area (Å²) >= 11 is 0. The van der Waals surface area contributed by atoms with E-state index in [1.807, 2.05) is 0 Å². The van der Waals surface area contributed by atoms with E-state index in [2.05, 4.69) is 48.4 Å². The molecular formula is C13H26NO2P. The molecule has 17 heavy (non-hydrogen) atoms. The van der Waals surface area contributed by atoms with Gasteiger partial charge in [0.25, 0.3) is 0 Å². The van der Waals surface area contributed by atoms with Crippen LogP contribution in [-0.4, -0.2) is 48.8 Å². The summed E-state index contributed by atoms with van der Waals surface area (Å²) in [5, 5.41) is 0. The Bertz CT molecular complexity index is 265. The van der Waals surface area contributed by atoms with E-state index in [1.165, 1.54) is 0 Å². The normalized spacial score (nSPS) is 19.4. The van der Waals surface area contributed by atoms with Crippen LogP contribution in [0.4, 0.5) is 0 Å². The van der Waals surface area contributed by atoms with Crippen molar-refractivity contribution in [3.05, 3.63) is 0 Å². The number of morpholine rings is 1. The average Bonchev–Trinajstić information content (AvgIpc) is 2.16. The van der Waals surface area contributed by atoms with Gasteiger partial charge in [0.15, 0.2) is 0 Å². The Kier molecular flexibility index (Phi) is 5.15. The van der Waals surface area contributed by atoms with Gasteiger partial charge >= 0.3 is 0 Å². The average molecular weight is 259 g/mol. The Hall–Kier alpha value is 0.0500. The lowest BCUT2D eigenvalue weighted by Crippen LogP contribution is -2.47. The molecule has 0 aliphatic carbocycles. The Balaban J connectivity index is 2.47. The molecule has 0 radical (unpaired) electrons. The second-order valence-electron chi connectivity index (χ2n) is 6.33. The van der Waals surface area contributed by atoms with Crippen LogP contribution in [0.5, 0.6) is 0 Å². The molecule has 1 saturated heterocycles. The van der Waals surface area contributed by atoms with E-state index < -0.39 is 0 Å². The van der Waals surface area contributed by atoms with Crippen molar-refractivity contribution in [2.24, 2.45) is 5.41 Å². The monoisotopic (exact) mass is 259 g/mol. The third-order valence-corrected chi connectivity index (χ3v) is 3.62. The Morgan fingerprint density at radius 1 is 1.18 bits per heavy atom. The van der Waals surface area contributed by atoms with Gasteiger partial charge in [-0.05, 0) is 13.8 Å². The summed E-state index contributed by atoms with van der Waals surface area (Å²) < 4.78 is 11.4. The van der Waals surface area contributed by atoms with E-state index in [0.717, 1.165) is 38.3 Å². The van der Waals surface area contributed by atoms with Crippen LogP contribution in [0, 0.1) is 5.41 Å². The minimum Gasteiger partial charge on any atom is -0.379 e. The van der Waals surface area contributed by atoms with Crippen molar-refractivity contribution < 1.29 is 9.47 Å². The minimum atomic E-state index is -0.179. The molecule has 0 aromatic rings. The van der Waals surface area contributed by atoms with Gasteiger partial charge in [-0.2, -0.15) is 0 Å². The van der Waals surface area contributed by atoms with Crippen molar-refractivity contribution in [1.29, 1.82) is 0 Å². The van der Waals surface area contributed by atoms with Crippen LogP contribution < -0.4 is 0 Å². The van der Waals surface area contributed by atoms with Crippen LogP contribution in [0.3, 0.4) is 0 Å². The second kappa shape index (κ2) is 5.79. The van der Waals surface area contributed by atoms with Crippen LogP contribution in [0.2, 0.25) is 0 Å². The molecule has 0 saturated carbocycles. The van der Waals surface area contributed by atoms with Gasteiger partial charge in [0.05, 0.1) is 24.3 Å². The number of ether oxygens (including phenoxy) is 2. The van der Waals surface area contributed by atoms with Crippen molar-refractivity contribution in [2.75, 3.05) is 32.8 Å². The third kappa shape index (κ3) is 5.48. The van der Waals surface area contributed by atoms with Crippen LogP contribution in [-0.2, 0) is 9.47 Å². The lowest BCUT2D eigenvalue weighted by molar-refractivity contribution is -0.0104. The highest BCUT2D eigenvalue weighted by molar-refractivity contribution is 7.20. The smallest absolute Gasteiger partial charge is 0.0819 e. The fraction of sp³-hybridized carbons (Fsp3) is 0.923. The van der Waals surface area contributed by atoms with Gasteiger partial charge in [-0.15, -0.1) is 0 Å². The standard InChI is InChI=1S/C13H26NO2P/c1-12(2,3)11(17)16-13(4,5)10-14-6-8-15-9-7-14/h17H,6-10H2,1-5H3. The van der Waals surface area contributed by atoms with Crippen molar-refractivity contribution in [1.82, 2.24) is 4.90 Å². The number of rotatable bonds is 4. The molecule has 1 heterocycles. The Morgan fingerprint density at radius 3 is 2.18 bits per heavy atom. The fourth-order valence-electron chi connectivity index (χ4n) is 1.76. The fourth-order valence-corrected chi connectivity index (χ4v) is 2.04. The van der Waals surface area contributed by atoms with Crippen LogP contribution >= 0.6 is 8.86 Å². The summed E-state index contributed by atoms with van der Waals surface area (Å²) in [6.45, 7) is 15.3. The van der Waals surface area contributed by atoms with Crippen molar-refractivity contribution in [3.63, 3.8) is 0 Å². The molecular weight excluding hydrogens is 233 g/mol. The lowest BCUT2D eigenvalue weighted by Gasteiger charge is -2.36. The molecule has 0 amide bonds. The van der Waals surface area contributed by atoms with Gasteiger partial charge < -0.3 is 9.47 Å². The van der Waals surface area contributed by atoms with Crippen LogP contribution in [0.1, 0.15) is 34.6 Å². The molecule has 1 fully saturated rings. The Morgan fingerprint density at radius 2 is 1.71 bits per heavy atom. The van der Waals surface area contributed by atoms with E-state index in [1.54, 1.807) is 0 Å². The van der Waals surface area contributed by atoms with E-state index in [-0.39, 0.29) is 11.0 Å². The molecule has 4 heteroatoms. The molecule has 1 aliphatic heterocycles. The minimum absolute atomic E-state index is 0.0270. The highest BCUT2D eigenvalue weighted by atomic mass is 31.0. The number of hydrogen-bond acceptors (Lipinski definition) is 3. The summed E-state index contributed by atoms with van der Waals surface area (Å²) in [5.41, 5.74) is 0.761. The van der Waals surface area contributed by atoms with E-state index in [9.17, 15) is 0 Å². The highest BCUT2D eigenvalue weighted by Crippen LogP contribution is 2.23. The first-order chi connectivity index (χ1) is 7.71. The summed E-state index contributed by atoms with van der Waals surface area (Å²) in [6, 6.07) is 0. The molecule has 1 rings (SSSR count). The quantitative estimate of drug-likeness (QED) is 0.724. The molecule has 0 atom stereocenters. The number of hydrogen-bond donors (Lipinski definition) is 0. The first kappa shape index (κ1) is 15.1. The van der Waals surface area contributed by atoms with Gasteiger partial charge in [-0.1, -0.05) is 29.6 Å². The maximum Gasteiger partial charge on any atom is 0.0819 e. The maximum absolute atomic E-state index is 6.05.